The van der Waals surface area contributed by atoms with Gasteiger partial charge in [0.15, 0.2) is 0 Å². The van der Waals surface area contributed by atoms with Crippen LogP contribution in [0.5, 0.6) is 0 Å². The Morgan fingerprint density at radius 3 is 2.67 bits per heavy atom. The van der Waals surface area contributed by atoms with Crippen molar-refractivity contribution in [2.45, 2.75) is 13.5 Å². The lowest BCUT2D eigenvalue weighted by molar-refractivity contribution is 0.623. The van der Waals surface area contributed by atoms with Gasteiger partial charge in [0, 0.05) is 13.6 Å². The first-order valence-electron chi connectivity index (χ1n) is 4.96. The molecule has 0 atom stereocenters. The third kappa shape index (κ3) is 3.36. The van der Waals surface area contributed by atoms with E-state index in [0.29, 0.717) is 6.54 Å². The average Bonchev–Trinajstić information content (AvgIpc) is 2.17. The number of nitrogens with one attached hydrogen (secondary N) is 2. The number of halogens is 1. The molecule has 0 fully saturated rings. The molecule has 0 aliphatic carbocycles. The van der Waals surface area contributed by atoms with Gasteiger partial charge in [0.2, 0.25) is 0 Å². The zero-order chi connectivity index (χ0) is 11.3. The van der Waals surface area contributed by atoms with Gasteiger partial charge in [-0.2, -0.15) is 0 Å². The van der Waals surface area contributed by atoms with Crippen LogP contribution < -0.4 is 10.6 Å². The summed E-state index contributed by atoms with van der Waals surface area (Å²) in [5, 5.41) is 5.94. The first kappa shape index (κ1) is 11.7. The van der Waals surface area contributed by atoms with Gasteiger partial charge in [-0.1, -0.05) is 0 Å². The molecule has 0 unspecified atom stereocenters. The van der Waals surface area contributed by atoms with Gasteiger partial charge in [0.05, 0.1) is 0 Å². The Balaban J connectivity index is 3.03. The van der Waals surface area contributed by atoms with E-state index in [1.165, 1.54) is 0 Å². The average molecular weight is 208 g/mol. The fourth-order valence-corrected chi connectivity index (χ4v) is 1.48. The molecule has 1 aromatic rings. The third-order valence-electron chi connectivity index (χ3n) is 2.15. The summed E-state index contributed by atoms with van der Waals surface area (Å²) in [6, 6.07) is 5.08. The van der Waals surface area contributed by atoms with Crippen LogP contribution in [0.25, 0.3) is 5.57 Å². The van der Waals surface area contributed by atoms with Crippen molar-refractivity contribution in [3.63, 3.8) is 0 Å². The maximum atomic E-state index is 13.3. The van der Waals surface area contributed by atoms with E-state index >= 15 is 0 Å². The minimum Gasteiger partial charge on any atom is -0.394 e. The fraction of sp³-hybridized carbons (Fsp3) is 0.333. The van der Waals surface area contributed by atoms with E-state index in [9.17, 15) is 4.39 Å². The summed E-state index contributed by atoms with van der Waals surface area (Å²) in [5.74, 6) is -0.193. The van der Waals surface area contributed by atoms with Crippen molar-refractivity contribution in [2.75, 3.05) is 14.1 Å². The summed E-state index contributed by atoms with van der Waals surface area (Å²) in [5.41, 5.74) is 2.89. The SMILES string of the molecule is CN/C=C(\C)c1cc(F)cc(CNC)c1. The van der Waals surface area contributed by atoms with Gasteiger partial charge >= 0.3 is 0 Å². The number of allylic oxidation sites excluding steroid dienone is 1. The predicted molar refractivity (Wildman–Crippen MR) is 61.9 cm³/mol. The van der Waals surface area contributed by atoms with Crippen LogP contribution >= 0.6 is 0 Å². The van der Waals surface area contributed by atoms with Crippen molar-refractivity contribution in [1.82, 2.24) is 10.6 Å². The van der Waals surface area contributed by atoms with Crippen molar-refractivity contribution >= 4 is 5.57 Å². The Morgan fingerprint density at radius 2 is 2.07 bits per heavy atom. The van der Waals surface area contributed by atoms with Crippen molar-refractivity contribution < 1.29 is 4.39 Å². The fourth-order valence-electron chi connectivity index (χ4n) is 1.48. The van der Waals surface area contributed by atoms with Crippen LogP contribution in [-0.4, -0.2) is 14.1 Å². The van der Waals surface area contributed by atoms with Crippen molar-refractivity contribution in [2.24, 2.45) is 0 Å². The highest BCUT2D eigenvalue weighted by molar-refractivity contribution is 5.63. The molecule has 1 rings (SSSR count). The molecule has 82 valence electrons. The van der Waals surface area contributed by atoms with Crippen LogP contribution in [-0.2, 0) is 6.54 Å². The summed E-state index contributed by atoms with van der Waals surface area (Å²) < 4.78 is 13.3. The van der Waals surface area contributed by atoms with Gasteiger partial charge in [-0.3, -0.25) is 0 Å². The van der Waals surface area contributed by atoms with Crippen LogP contribution in [0.3, 0.4) is 0 Å². The first-order chi connectivity index (χ1) is 7.17. The maximum Gasteiger partial charge on any atom is 0.124 e. The second kappa shape index (κ2) is 5.51. The molecule has 0 aromatic heterocycles. The molecule has 0 aliphatic rings. The van der Waals surface area contributed by atoms with E-state index in [0.717, 1.165) is 16.7 Å². The number of hydrogen-bond donors (Lipinski definition) is 2. The minimum absolute atomic E-state index is 0.193. The molecule has 0 bridgehead atoms. The standard InChI is InChI=1S/C12H17FN2/c1-9(7-14-2)11-4-10(8-15-3)5-12(13)6-11/h4-7,14-15H,8H2,1-3H3/b9-7+. The molecule has 0 amide bonds. The van der Waals surface area contributed by atoms with Crippen molar-refractivity contribution in [3.05, 3.63) is 41.3 Å². The van der Waals surface area contributed by atoms with E-state index in [4.69, 9.17) is 0 Å². The van der Waals surface area contributed by atoms with Crippen LogP contribution in [0.2, 0.25) is 0 Å². The van der Waals surface area contributed by atoms with Crippen molar-refractivity contribution in [3.8, 4) is 0 Å². The van der Waals surface area contributed by atoms with Gasteiger partial charge in [0.25, 0.3) is 0 Å². The second-order valence-corrected chi connectivity index (χ2v) is 3.49. The van der Waals surface area contributed by atoms with Crippen LogP contribution in [0, 0.1) is 5.82 Å². The quantitative estimate of drug-likeness (QED) is 0.792. The molecule has 0 radical (unpaired) electrons. The molecule has 0 heterocycles. The van der Waals surface area contributed by atoms with Crippen LogP contribution in [0.1, 0.15) is 18.1 Å². The Labute approximate surface area is 90.2 Å². The third-order valence-corrected chi connectivity index (χ3v) is 2.15. The summed E-state index contributed by atoms with van der Waals surface area (Å²) in [6.07, 6.45) is 1.86. The molecule has 1 aromatic carbocycles. The molecule has 2 nitrogen and oxygen atoms in total. The summed E-state index contributed by atoms with van der Waals surface area (Å²) >= 11 is 0. The van der Waals surface area contributed by atoms with Gasteiger partial charge in [-0.25, -0.2) is 4.39 Å². The molecule has 2 N–H and O–H groups in total. The number of benzene rings is 1. The lowest BCUT2D eigenvalue weighted by atomic mass is 10.0. The lowest BCUT2D eigenvalue weighted by Crippen LogP contribution is -2.06. The predicted octanol–water partition coefficient (Wildman–Crippen LogP) is 2.13. The lowest BCUT2D eigenvalue weighted by Gasteiger charge is -2.06. The Hall–Kier alpha value is -1.35. The molecule has 0 saturated heterocycles. The molecular weight excluding hydrogens is 191 g/mol. The Morgan fingerprint density at radius 1 is 1.33 bits per heavy atom. The van der Waals surface area contributed by atoms with E-state index in [1.807, 2.05) is 33.3 Å². The van der Waals surface area contributed by atoms with Crippen LogP contribution in [0.4, 0.5) is 4.39 Å². The Kier molecular flexibility index (Phi) is 4.31. The molecule has 0 spiro atoms. The smallest absolute Gasteiger partial charge is 0.124 e. The van der Waals surface area contributed by atoms with E-state index in [2.05, 4.69) is 10.6 Å². The highest BCUT2D eigenvalue weighted by atomic mass is 19.1. The van der Waals surface area contributed by atoms with E-state index < -0.39 is 0 Å². The summed E-state index contributed by atoms with van der Waals surface area (Å²) in [6.45, 7) is 2.63. The van der Waals surface area contributed by atoms with E-state index in [-0.39, 0.29) is 5.82 Å². The minimum atomic E-state index is -0.193. The number of rotatable bonds is 4. The molecule has 3 heteroatoms. The zero-order valence-corrected chi connectivity index (χ0v) is 9.39. The maximum absolute atomic E-state index is 13.3. The van der Waals surface area contributed by atoms with Crippen molar-refractivity contribution in [1.29, 1.82) is 0 Å². The van der Waals surface area contributed by atoms with E-state index in [1.54, 1.807) is 12.1 Å². The Bertz CT molecular complexity index is 359. The number of hydrogen-bond acceptors (Lipinski definition) is 2. The highest BCUT2D eigenvalue weighted by Gasteiger charge is 2.01. The normalized spacial score (nSPS) is 11.6. The zero-order valence-electron chi connectivity index (χ0n) is 9.39. The van der Waals surface area contributed by atoms with Gasteiger partial charge < -0.3 is 10.6 Å². The van der Waals surface area contributed by atoms with Crippen LogP contribution in [0.15, 0.2) is 24.4 Å². The van der Waals surface area contributed by atoms with Gasteiger partial charge in [-0.15, -0.1) is 0 Å². The topological polar surface area (TPSA) is 24.1 Å². The first-order valence-corrected chi connectivity index (χ1v) is 4.96. The highest BCUT2D eigenvalue weighted by Crippen LogP contribution is 2.16. The summed E-state index contributed by atoms with van der Waals surface area (Å²) in [7, 11) is 3.68. The molecule has 0 aliphatic heterocycles. The molecule has 15 heavy (non-hydrogen) atoms. The van der Waals surface area contributed by atoms with Gasteiger partial charge in [-0.05, 0) is 55.1 Å². The van der Waals surface area contributed by atoms with Gasteiger partial charge in [0.1, 0.15) is 5.82 Å². The largest absolute Gasteiger partial charge is 0.394 e. The summed E-state index contributed by atoms with van der Waals surface area (Å²) in [4.78, 5) is 0. The second-order valence-electron chi connectivity index (χ2n) is 3.49. The monoisotopic (exact) mass is 208 g/mol. The molecular formula is C12H17FN2. The molecule has 0 saturated carbocycles.